The molecule has 0 spiro atoms. The zero-order valence-corrected chi connectivity index (χ0v) is 16.3. The van der Waals surface area contributed by atoms with E-state index in [9.17, 15) is 9.18 Å². The van der Waals surface area contributed by atoms with Crippen LogP contribution >= 0.6 is 0 Å². The zero-order valence-electron chi connectivity index (χ0n) is 16.3. The summed E-state index contributed by atoms with van der Waals surface area (Å²) in [5.41, 5.74) is 1.56. The Morgan fingerprint density at radius 1 is 1.29 bits per heavy atom. The van der Waals surface area contributed by atoms with Crippen molar-refractivity contribution in [3.05, 3.63) is 59.7 Å². The fourth-order valence-corrected chi connectivity index (χ4v) is 3.69. The number of carbonyl (C=O) groups is 1. The molecule has 0 radical (unpaired) electrons. The highest BCUT2D eigenvalue weighted by atomic mass is 19.1. The predicted octanol–water partition coefficient (Wildman–Crippen LogP) is 3.74. The number of fused-ring (bicyclic) bond motifs is 1. The van der Waals surface area contributed by atoms with Crippen molar-refractivity contribution in [2.45, 2.75) is 45.2 Å². The van der Waals surface area contributed by atoms with E-state index in [1.165, 1.54) is 6.07 Å². The molecular weight excluding hydrogens is 357 g/mol. The van der Waals surface area contributed by atoms with E-state index >= 15 is 0 Å². The predicted molar refractivity (Wildman–Crippen MR) is 106 cm³/mol. The fourth-order valence-electron chi connectivity index (χ4n) is 3.69. The SMILES string of the molecule is CC(C)(C)NC(=O)c1cnn2ccc(N3CCCC3c3cccc(F)c3)nc12. The van der Waals surface area contributed by atoms with Gasteiger partial charge in [-0.15, -0.1) is 0 Å². The van der Waals surface area contributed by atoms with Crippen molar-refractivity contribution in [3.63, 3.8) is 0 Å². The lowest BCUT2D eigenvalue weighted by molar-refractivity contribution is 0.0921. The number of hydrogen-bond acceptors (Lipinski definition) is 4. The van der Waals surface area contributed by atoms with Crippen molar-refractivity contribution >= 4 is 17.4 Å². The number of carbonyl (C=O) groups excluding carboxylic acids is 1. The molecule has 146 valence electrons. The summed E-state index contributed by atoms with van der Waals surface area (Å²) in [4.78, 5) is 19.5. The number of hydrogen-bond donors (Lipinski definition) is 1. The first-order chi connectivity index (χ1) is 13.3. The van der Waals surface area contributed by atoms with Crippen LogP contribution in [0.25, 0.3) is 5.65 Å². The largest absolute Gasteiger partial charge is 0.349 e. The zero-order chi connectivity index (χ0) is 19.9. The average Bonchev–Trinajstić information content (AvgIpc) is 3.26. The molecule has 6 nitrogen and oxygen atoms in total. The van der Waals surface area contributed by atoms with Crippen LogP contribution in [0.4, 0.5) is 10.2 Å². The Hall–Kier alpha value is -2.96. The van der Waals surface area contributed by atoms with Crippen LogP contribution in [-0.2, 0) is 0 Å². The summed E-state index contributed by atoms with van der Waals surface area (Å²) in [6.45, 7) is 6.64. The standard InChI is InChI=1S/C21H24FN5O/c1-21(2,3)25-20(28)16-13-23-27-11-9-18(24-19(16)27)26-10-5-8-17(26)14-6-4-7-15(22)12-14/h4,6-7,9,11-13,17H,5,8,10H2,1-3H3,(H,25,28). The Kier molecular flexibility index (Phi) is 4.53. The highest BCUT2D eigenvalue weighted by Gasteiger charge is 2.28. The minimum atomic E-state index is -0.347. The number of nitrogens with one attached hydrogen (secondary N) is 1. The Labute approximate surface area is 163 Å². The molecule has 28 heavy (non-hydrogen) atoms. The topological polar surface area (TPSA) is 62.5 Å². The number of halogens is 1. The second kappa shape index (κ2) is 6.89. The van der Waals surface area contributed by atoms with E-state index < -0.39 is 0 Å². The van der Waals surface area contributed by atoms with Gasteiger partial charge in [0, 0.05) is 18.3 Å². The molecule has 0 saturated carbocycles. The van der Waals surface area contributed by atoms with Gasteiger partial charge in [-0.25, -0.2) is 13.9 Å². The van der Waals surface area contributed by atoms with Crippen molar-refractivity contribution in [2.24, 2.45) is 0 Å². The van der Waals surface area contributed by atoms with Gasteiger partial charge in [-0.3, -0.25) is 4.79 Å². The van der Waals surface area contributed by atoms with Gasteiger partial charge in [0.25, 0.3) is 5.91 Å². The van der Waals surface area contributed by atoms with Crippen LogP contribution < -0.4 is 10.2 Å². The van der Waals surface area contributed by atoms with E-state index in [4.69, 9.17) is 4.98 Å². The van der Waals surface area contributed by atoms with Gasteiger partial charge in [-0.2, -0.15) is 5.10 Å². The summed E-state index contributed by atoms with van der Waals surface area (Å²) >= 11 is 0. The molecule has 0 aliphatic carbocycles. The number of benzene rings is 1. The van der Waals surface area contributed by atoms with Gasteiger partial charge >= 0.3 is 0 Å². The van der Waals surface area contributed by atoms with Gasteiger partial charge in [0.2, 0.25) is 0 Å². The van der Waals surface area contributed by atoms with Gasteiger partial charge in [0.05, 0.1) is 12.2 Å². The quantitative estimate of drug-likeness (QED) is 0.751. The molecule has 1 amide bonds. The van der Waals surface area contributed by atoms with E-state index in [0.29, 0.717) is 11.2 Å². The highest BCUT2D eigenvalue weighted by molar-refractivity contribution is 6.00. The Bertz CT molecular complexity index is 1020. The van der Waals surface area contributed by atoms with Crippen LogP contribution in [0.5, 0.6) is 0 Å². The Morgan fingerprint density at radius 2 is 2.11 bits per heavy atom. The number of nitrogens with zero attached hydrogens (tertiary/aromatic N) is 4. The summed E-state index contributed by atoms with van der Waals surface area (Å²) < 4.78 is 15.3. The summed E-state index contributed by atoms with van der Waals surface area (Å²) in [5.74, 6) is 0.338. The van der Waals surface area contributed by atoms with Gasteiger partial charge in [-0.05, 0) is 57.4 Å². The molecule has 1 fully saturated rings. The maximum absolute atomic E-state index is 13.7. The number of rotatable bonds is 3. The summed E-state index contributed by atoms with van der Waals surface area (Å²) in [6, 6.07) is 8.70. The normalized spacial score (nSPS) is 17.3. The fraction of sp³-hybridized carbons (Fsp3) is 0.381. The molecule has 1 aromatic carbocycles. The number of amides is 1. The van der Waals surface area contributed by atoms with Crippen LogP contribution in [0, 0.1) is 5.82 Å². The first-order valence-corrected chi connectivity index (χ1v) is 9.51. The number of aromatic nitrogens is 3. The third-order valence-corrected chi connectivity index (χ3v) is 4.87. The van der Waals surface area contributed by atoms with Gasteiger partial charge in [-0.1, -0.05) is 12.1 Å². The summed E-state index contributed by atoms with van der Waals surface area (Å²) in [7, 11) is 0. The lowest BCUT2D eigenvalue weighted by Gasteiger charge is -2.26. The molecule has 1 aliphatic heterocycles. The van der Waals surface area contributed by atoms with Crippen molar-refractivity contribution in [3.8, 4) is 0 Å². The molecule has 3 aromatic rings. The van der Waals surface area contributed by atoms with E-state index in [2.05, 4.69) is 15.3 Å². The maximum Gasteiger partial charge on any atom is 0.257 e. The lowest BCUT2D eigenvalue weighted by atomic mass is 10.0. The first kappa shape index (κ1) is 18.4. The van der Waals surface area contributed by atoms with E-state index in [1.54, 1.807) is 22.8 Å². The van der Waals surface area contributed by atoms with Crippen LogP contribution in [-0.4, -0.2) is 32.6 Å². The smallest absolute Gasteiger partial charge is 0.257 e. The lowest BCUT2D eigenvalue weighted by Crippen LogP contribution is -2.40. The molecule has 3 heterocycles. The van der Waals surface area contributed by atoms with Crippen LogP contribution in [0.2, 0.25) is 0 Å². The van der Waals surface area contributed by atoms with Gasteiger partial charge in [0.15, 0.2) is 5.65 Å². The van der Waals surface area contributed by atoms with Gasteiger partial charge < -0.3 is 10.2 Å². The monoisotopic (exact) mass is 381 g/mol. The van der Waals surface area contributed by atoms with E-state index in [1.807, 2.05) is 39.1 Å². The molecule has 1 aliphatic rings. The van der Waals surface area contributed by atoms with Gasteiger partial charge in [0.1, 0.15) is 17.2 Å². The third kappa shape index (κ3) is 3.56. The summed E-state index contributed by atoms with van der Waals surface area (Å²) in [6.07, 6.45) is 5.30. The van der Waals surface area contributed by atoms with Crippen molar-refractivity contribution in [2.75, 3.05) is 11.4 Å². The first-order valence-electron chi connectivity index (χ1n) is 9.51. The van der Waals surface area contributed by atoms with Crippen LogP contribution in [0.15, 0.2) is 42.7 Å². The van der Waals surface area contributed by atoms with Crippen molar-refractivity contribution < 1.29 is 9.18 Å². The molecule has 4 rings (SSSR count). The van der Waals surface area contributed by atoms with Crippen LogP contribution in [0.3, 0.4) is 0 Å². The molecule has 1 unspecified atom stereocenters. The molecule has 0 bridgehead atoms. The van der Waals surface area contributed by atoms with Crippen molar-refractivity contribution in [1.82, 2.24) is 19.9 Å². The minimum absolute atomic E-state index is 0.0698. The summed E-state index contributed by atoms with van der Waals surface area (Å²) in [5, 5.41) is 7.21. The van der Waals surface area contributed by atoms with E-state index in [0.717, 1.165) is 30.8 Å². The molecular formula is C21H24FN5O. The molecule has 7 heteroatoms. The van der Waals surface area contributed by atoms with Crippen LogP contribution in [0.1, 0.15) is 55.6 Å². The van der Waals surface area contributed by atoms with Crippen molar-refractivity contribution in [1.29, 1.82) is 0 Å². The Balaban J connectivity index is 1.69. The highest BCUT2D eigenvalue weighted by Crippen LogP contribution is 2.35. The van der Waals surface area contributed by atoms with E-state index in [-0.39, 0.29) is 23.3 Å². The molecule has 1 N–H and O–H groups in total. The second-order valence-electron chi connectivity index (χ2n) is 8.22. The minimum Gasteiger partial charge on any atom is -0.349 e. The Morgan fingerprint density at radius 3 is 2.86 bits per heavy atom. The average molecular weight is 381 g/mol. The maximum atomic E-state index is 13.7. The second-order valence-corrected chi connectivity index (χ2v) is 8.22. The molecule has 2 aromatic heterocycles. The molecule has 1 atom stereocenters. The third-order valence-electron chi connectivity index (χ3n) is 4.87. The number of anilines is 1. The molecule has 1 saturated heterocycles.